The number of hydrogen-bond acceptors (Lipinski definition) is 4. The van der Waals surface area contributed by atoms with Gasteiger partial charge in [0, 0.05) is 17.8 Å². The van der Waals surface area contributed by atoms with Gasteiger partial charge in [-0.3, -0.25) is 14.5 Å². The zero-order valence-corrected chi connectivity index (χ0v) is 19.8. The molecule has 35 heavy (non-hydrogen) atoms. The highest BCUT2D eigenvalue weighted by molar-refractivity contribution is 7.89. The maximum atomic E-state index is 14.8. The van der Waals surface area contributed by atoms with Crippen molar-refractivity contribution in [3.8, 4) is 0 Å². The van der Waals surface area contributed by atoms with Crippen molar-refractivity contribution in [1.82, 2.24) is 4.72 Å². The first-order valence-corrected chi connectivity index (χ1v) is 12.1. The van der Waals surface area contributed by atoms with Crippen LogP contribution in [0.25, 0.3) is 0 Å². The molecule has 0 radical (unpaired) electrons. The molecule has 1 aliphatic carbocycles. The van der Waals surface area contributed by atoms with E-state index < -0.39 is 55.1 Å². The number of alkyl halides is 3. The van der Waals surface area contributed by atoms with E-state index in [9.17, 15) is 35.6 Å². The van der Waals surface area contributed by atoms with Crippen LogP contribution in [0.4, 0.5) is 23.2 Å². The van der Waals surface area contributed by atoms with E-state index in [1.54, 1.807) is 25.5 Å². The van der Waals surface area contributed by atoms with E-state index in [0.717, 1.165) is 36.4 Å². The average Bonchev–Trinajstić information content (AvgIpc) is 2.96. The topological polar surface area (TPSA) is 83.6 Å². The summed E-state index contributed by atoms with van der Waals surface area (Å²) in [4.78, 5) is 27.0. The number of carbonyl (C=O) groups excluding carboxylic acids is 2. The quantitative estimate of drug-likeness (QED) is 0.618. The molecule has 1 heterocycles. The van der Waals surface area contributed by atoms with Crippen molar-refractivity contribution < 1.29 is 35.6 Å². The van der Waals surface area contributed by atoms with Crippen LogP contribution < -0.4 is 9.62 Å². The minimum absolute atomic E-state index is 0.110. The average molecular weight is 511 g/mol. The number of rotatable bonds is 4. The van der Waals surface area contributed by atoms with Crippen molar-refractivity contribution in [2.24, 2.45) is 5.41 Å². The number of halogens is 4. The minimum Gasteiger partial charge on any atom is -0.294 e. The van der Waals surface area contributed by atoms with Crippen LogP contribution in [0.15, 0.2) is 64.7 Å². The maximum Gasteiger partial charge on any atom is 0.421 e. The summed E-state index contributed by atoms with van der Waals surface area (Å²) in [7, 11) is -4.91. The second-order valence-electron chi connectivity index (χ2n) is 9.55. The molecule has 0 spiro atoms. The lowest BCUT2D eigenvalue weighted by Gasteiger charge is -2.35. The van der Waals surface area contributed by atoms with E-state index in [0.29, 0.717) is 10.5 Å². The van der Waals surface area contributed by atoms with Crippen molar-refractivity contribution >= 4 is 27.4 Å². The summed E-state index contributed by atoms with van der Waals surface area (Å²) in [6, 6.07) is 9.14. The molecule has 0 fully saturated rings. The van der Waals surface area contributed by atoms with Crippen LogP contribution in [0.3, 0.4) is 0 Å². The largest absolute Gasteiger partial charge is 0.421 e. The Labute approximate surface area is 199 Å². The molecule has 1 N–H and O–H groups in total. The lowest BCUT2D eigenvalue weighted by Crippen LogP contribution is -2.66. The molecule has 1 aliphatic heterocycles. The Hall–Kier alpha value is -3.05. The molecule has 2 aromatic rings. The molecule has 0 aromatic heterocycles. The van der Waals surface area contributed by atoms with Crippen LogP contribution in [-0.2, 0) is 19.6 Å². The van der Waals surface area contributed by atoms with Crippen molar-refractivity contribution in [2.45, 2.75) is 50.2 Å². The predicted octanol–water partition coefficient (Wildman–Crippen LogP) is 4.40. The Balaban J connectivity index is 1.98. The fraction of sp³-hybridized carbons (Fsp3) is 0.333. The fourth-order valence-corrected chi connectivity index (χ4v) is 5.88. The number of nitrogens with one attached hydrogen (secondary N) is 1. The van der Waals surface area contributed by atoms with Crippen molar-refractivity contribution in [3.63, 3.8) is 0 Å². The summed E-state index contributed by atoms with van der Waals surface area (Å²) in [5.74, 6) is -3.36. The first kappa shape index (κ1) is 25.1. The summed E-state index contributed by atoms with van der Waals surface area (Å²) >= 11 is 0. The van der Waals surface area contributed by atoms with Gasteiger partial charge in [0.05, 0.1) is 10.5 Å². The van der Waals surface area contributed by atoms with E-state index in [4.69, 9.17) is 0 Å². The standard InChI is InChI=1S/C24H22F4N2O4S/c1-14-4-10-17(11-5-14)35(33,34)29-23(24(26,27)28)20-18(12-22(2,3)13-19(20)31)30(21(23)32)16-8-6-15(25)7-9-16/h4-11,29H,12-13H2,1-3H3. The number of anilines is 1. The number of carbonyl (C=O) groups is 2. The normalized spacial score (nSPS) is 22.5. The van der Waals surface area contributed by atoms with Gasteiger partial charge in [0.15, 0.2) is 5.78 Å². The zero-order chi connectivity index (χ0) is 26.0. The maximum absolute atomic E-state index is 14.8. The summed E-state index contributed by atoms with van der Waals surface area (Å²) in [5.41, 5.74) is -5.29. The molecule has 1 amide bonds. The SMILES string of the molecule is Cc1ccc(S(=O)(=O)NC2(C(F)(F)F)C(=O)N(c3ccc(F)cc3)C3=C2C(=O)CC(C)(C)C3)cc1. The highest BCUT2D eigenvalue weighted by atomic mass is 32.2. The van der Waals surface area contributed by atoms with Crippen molar-refractivity contribution in [1.29, 1.82) is 0 Å². The van der Waals surface area contributed by atoms with Crippen LogP contribution >= 0.6 is 0 Å². The van der Waals surface area contributed by atoms with Crippen molar-refractivity contribution in [3.05, 3.63) is 71.2 Å². The molecule has 2 aromatic carbocycles. The number of benzene rings is 2. The molecule has 186 valence electrons. The smallest absolute Gasteiger partial charge is 0.294 e. The number of aryl methyl sites for hydroxylation is 1. The van der Waals surface area contributed by atoms with Gasteiger partial charge in [0.25, 0.3) is 5.91 Å². The fourth-order valence-electron chi connectivity index (χ4n) is 4.56. The molecule has 0 saturated carbocycles. The molecule has 2 aliphatic rings. The first-order valence-electron chi connectivity index (χ1n) is 10.6. The van der Waals surface area contributed by atoms with E-state index in [1.165, 1.54) is 12.1 Å². The second kappa shape index (κ2) is 7.99. The number of nitrogens with zero attached hydrogens (tertiary/aromatic N) is 1. The third kappa shape index (κ3) is 4.06. The number of Topliss-reactive ketones (excluding diaryl/α,β-unsaturated/α-hetero) is 1. The number of allylic oxidation sites excluding steroid dienone is 1. The predicted molar refractivity (Wildman–Crippen MR) is 119 cm³/mol. The Morgan fingerprint density at radius 1 is 0.943 bits per heavy atom. The summed E-state index contributed by atoms with van der Waals surface area (Å²) in [5, 5.41) is 0. The third-order valence-corrected chi connectivity index (χ3v) is 7.62. The van der Waals surface area contributed by atoms with Gasteiger partial charge >= 0.3 is 6.18 Å². The minimum atomic E-state index is -5.51. The van der Waals surface area contributed by atoms with Gasteiger partial charge in [-0.25, -0.2) is 12.8 Å². The Morgan fingerprint density at radius 2 is 1.51 bits per heavy atom. The molecule has 4 rings (SSSR count). The molecular weight excluding hydrogens is 488 g/mol. The van der Waals surface area contributed by atoms with Crippen LogP contribution in [0, 0.1) is 18.2 Å². The monoisotopic (exact) mass is 510 g/mol. The van der Waals surface area contributed by atoms with Crippen molar-refractivity contribution in [2.75, 3.05) is 4.90 Å². The third-order valence-electron chi connectivity index (χ3n) is 6.15. The molecule has 1 atom stereocenters. The second-order valence-corrected chi connectivity index (χ2v) is 11.2. The molecular formula is C24H22F4N2O4S. The highest BCUT2D eigenvalue weighted by Crippen LogP contribution is 2.53. The number of hydrogen-bond donors (Lipinski definition) is 1. The Bertz CT molecular complexity index is 1350. The van der Waals surface area contributed by atoms with Crippen LogP contribution in [0.1, 0.15) is 32.3 Å². The van der Waals surface area contributed by atoms with E-state index in [1.807, 2.05) is 0 Å². The van der Waals surface area contributed by atoms with Gasteiger partial charge in [-0.15, -0.1) is 0 Å². The lowest BCUT2D eigenvalue weighted by molar-refractivity contribution is -0.184. The summed E-state index contributed by atoms with van der Waals surface area (Å²) in [6.45, 7) is 4.99. The molecule has 0 bridgehead atoms. The number of ketones is 1. The molecule has 1 unspecified atom stereocenters. The van der Waals surface area contributed by atoms with Crippen LogP contribution in [-0.4, -0.2) is 31.8 Å². The van der Waals surface area contributed by atoms with Gasteiger partial charge in [-0.1, -0.05) is 31.5 Å². The lowest BCUT2D eigenvalue weighted by atomic mass is 9.72. The zero-order valence-electron chi connectivity index (χ0n) is 19.0. The number of sulfonamides is 1. The van der Waals surface area contributed by atoms with E-state index in [-0.39, 0.29) is 24.2 Å². The molecule has 6 nitrogen and oxygen atoms in total. The first-order chi connectivity index (χ1) is 16.1. The van der Waals surface area contributed by atoms with Crippen LogP contribution in [0.2, 0.25) is 0 Å². The van der Waals surface area contributed by atoms with E-state index >= 15 is 0 Å². The van der Waals surface area contributed by atoms with Gasteiger partial charge in [0.1, 0.15) is 5.82 Å². The van der Waals surface area contributed by atoms with Gasteiger partial charge < -0.3 is 0 Å². The number of amides is 1. The summed E-state index contributed by atoms with van der Waals surface area (Å²) in [6.07, 6.45) is -5.93. The van der Waals surface area contributed by atoms with Crippen LogP contribution in [0.5, 0.6) is 0 Å². The Kier molecular flexibility index (Phi) is 5.72. The molecule has 0 saturated heterocycles. The van der Waals surface area contributed by atoms with Gasteiger partial charge in [-0.05, 0) is 55.2 Å². The molecule has 11 heteroatoms. The van der Waals surface area contributed by atoms with E-state index in [2.05, 4.69) is 0 Å². The Morgan fingerprint density at radius 3 is 2.06 bits per heavy atom. The van der Waals surface area contributed by atoms with Gasteiger partial charge in [-0.2, -0.15) is 17.9 Å². The summed E-state index contributed by atoms with van der Waals surface area (Å²) < 4.78 is 85.9. The van der Waals surface area contributed by atoms with Gasteiger partial charge in [0.2, 0.25) is 15.6 Å². The highest BCUT2D eigenvalue weighted by Gasteiger charge is 2.72.